The van der Waals surface area contributed by atoms with E-state index < -0.39 is 4.92 Å². The van der Waals surface area contributed by atoms with Crippen molar-refractivity contribution in [1.82, 2.24) is 5.32 Å². The van der Waals surface area contributed by atoms with E-state index in [1.165, 1.54) is 18.2 Å². The number of rotatable bonds is 6. The second-order valence-electron chi connectivity index (χ2n) is 4.45. The molecule has 1 aromatic carbocycles. The van der Waals surface area contributed by atoms with Crippen LogP contribution in [0.3, 0.4) is 0 Å². The number of methoxy groups -OCH3 is 1. The van der Waals surface area contributed by atoms with Crippen molar-refractivity contribution in [3.8, 4) is 5.75 Å². The van der Waals surface area contributed by atoms with Crippen molar-refractivity contribution in [3.63, 3.8) is 0 Å². The van der Waals surface area contributed by atoms with Gasteiger partial charge in [0, 0.05) is 19.2 Å². The summed E-state index contributed by atoms with van der Waals surface area (Å²) in [5.41, 5.74) is 3.39. The maximum Gasteiger partial charge on any atom is 0.311 e. The van der Waals surface area contributed by atoms with Crippen LogP contribution < -0.4 is 10.1 Å². The molecule has 0 bridgehead atoms. The van der Waals surface area contributed by atoms with E-state index in [4.69, 9.17) is 4.74 Å². The topological polar surface area (TPSA) is 64.4 Å². The summed E-state index contributed by atoms with van der Waals surface area (Å²) >= 11 is 1.68. The molecule has 1 heterocycles. The Kier molecular flexibility index (Phi) is 4.70. The van der Waals surface area contributed by atoms with Crippen LogP contribution in [0.2, 0.25) is 0 Å². The van der Waals surface area contributed by atoms with Gasteiger partial charge in [-0.1, -0.05) is 6.07 Å². The van der Waals surface area contributed by atoms with Gasteiger partial charge in [0.1, 0.15) is 0 Å². The van der Waals surface area contributed by atoms with Crippen LogP contribution in [0.5, 0.6) is 5.75 Å². The number of thiophene rings is 1. The first-order valence-corrected chi connectivity index (χ1v) is 7.09. The van der Waals surface area contributed by atoms with Crippen LogP contribution >= 0.6 is 11.3 Å². The average Bonchev–Trinajstić information content (AvgIpc) is 2.84. The second-order valence-corrected chi connectivity index (χ2v) is 5.19. The van der Waals surface area contributed by atoms with Gasteiger partial charge in [0.2, 0.25) is 0 Å². The quantitative estimate of drug-likeness (QED) is 0.655. The lowest BCUT2D eigenvalue weighted by Gasteiger charge is -2.07. The van der Waals surface area contributed by atoms with E-state index in [9.17, 15) is 10.1 Å². The lowest BCUT2D eigenvalue weighted by molar-refractivity contribution is -0.385. The van der Waals surface area contributed by atoms with Crippen LogP contribution in [0.15, 0.2) is 29.0 Å². The summed E-state index contributed by atoms with van der Waals surface area (Å²) in [6.07, 6.45) is 0. The average molecular weight is 292 g/mol. The summed E-state index contributed by atoms with van der Waals surface area (Å²) in [7, 11) is 1.43. The maximum atomic E-state index is 10.9. The van der Waals surface area contributed by atoms with Gasteiger partial charge in [0.05, 0.1) is 12.0 Å². The van der Waals surface area contributed by atoms with Gasteiger partial charge in [-0.25, -0.2) is 0 Å². The van der Waals surface area contributed by atoms with E-state index in [1.54, 1.807) is 23.5 Å². The molecular formula is C14H16N2O3S. The second kappa shape index (κ2) is 6.49. The van der Waals surface area contributed by atoms with Crippen LogP contribution in [0, 0.1) is 17.0 Å². The highest BCUT2D eigenvalue weighted by molar-refractivity contribution is 7.08. The number of hydrogen-bond acceptors (Lipinski definition) is 5. The fourth-order valence-corrected chi connectivity index (χ4v) is 2.75. The predicted octanol–water partition coefficient (Wildman–Crippen LogP) is 3.26. The van der Waals surface area contributed by atoms with E-state index in [2.05, 4.69) is 23.0 Å². The van der Waals surface area contributed by atoms with Gasteiger partial charge >= 0.3 is 5.69 Å². The van der Waals surface area contributed by atoms with Gasteiger partial charge in [-0.2, -0.15) is 11.3 Å². The highest BCUT2D eigenvalue weighted by atomic mass is 32.1. The van der Waals surface area contributed by atoms with Crippen LogP contribution in [-0.4, -0.2) is 12.0 Å². The van der Waals surface area contributed by atoms with Gasteiger partial charge in [-0.3, -0.25) is 10.1 Å². The third-order valence-electron chi connectivity index (χ3n) is 3.05. The summed E-state index contributed by atoms with van der Waals surface area (Å²) in [5, 5.41) is 18.5. The number of benzene rings is 1. The molecule has 106 valence electrons. The van der Waals surface area contributed by atoms with E-state index >= 15 is 0 Å². The molecule has 0 aliphatic heterocycles. The Morgan fingerprint density at radius 1 is 1.35 bits per heavy atom. The van der Waals surface area contributed by atoms with Gasteiger partial charge < -0.3 is 10.1 Å². The molecule has 1 aromatic heterocycles. The molecule has 2 aromatic rings. The number of ether oxygens (including phenoxy) is 1. The highest BCUT2D eigenvalue weighted by Gasteiger charge is 2.14. The Morgan fingerprint density at radius 3 is 2.75 bits per heavy atom. The molecule has 6 heteroatoms. The summed E-state index contributed by atoms with van der Waals surface area (Å²) in [4.78, 5) is 10.5. The Morgan fingerprint density at radius 2 is 2.15 bits per heavy atom. The number of nitrogens with zero attached hydrogens (tertiary/aromatic N) is 1. The minimum Gasteiger partial charge on any atom is -0.490 e. The third-order valence-corrected chi connectivity index (χ3v) is 3.96. The van der Waals surface area contributed by atoms with Crippen molar-refractivity contribution in [2.75, 3.05) is 7.11 Å². The molecule has 20 heavy (non-hydrogen) atoms. The number of hydrogen-bond donors (Lipinski definition) is 1. The van der Waals surface area contributed by atoms with E-state index in [1.807, 2.05) is 6.07 Å². The number of aryl methyl sites for hydroxylation is 1. The Balaban J connectivity index is 2.01. The maximum absolute atomic E-state index is 10.9. The molecule has 0 spiro atoms. The molecule has 0 unspecified atom stereocenters. The zero-order chi connectivity index (χ0) is 14.5. The molecule has 0 radical (unpaired) electrons. The van der Waals surface area contributed by atoms with E-state index in [0.717, 1.165) is 12.1 Å². The molecule has 0 amide bonds. The minimum atomic E-state index is -0.425. The Hall–Kier alpha value is -1.92. The van der Waals surface area contributed by atoms with Crippen molar-refractivity contribution in [1.29, 1.82) is 0 Å². The summed E-state index contributed by atoms with van der Waals surface area (Å²) < 4.78 is 4.98. The molecular weight excluding hydrogens is 276 g/mol. The van der Waals surface area contributed by atoms with Crippen molar-refractivity contribution in [2.24, 2.45) is 0 Å². The molecule has 2 rings (SSSR count). The standard InChI is InChI=1S/C14H16N2O3S/c1-10-8-20-9-12(10)7-15-6-11-3-4-14(19-2)13(5-11)16(17)18/h3-5,8-9,15H,6-7H2,1-2H3. The monoisotopic (exact) mass is 292 g/mol. The first-order chi connectivity index (χ1) is 9.61. The number of nitro groups is 1. The third kappa shape index (κ3) is 3.34. The van der Waals surface area contributed by atoms with Crippen LogP contribution in [0.25, 0.3) is 0 Å². The zero-order valence-corrected chi connectivity index (χ0v) is 12.2. The summed E-state index contributed by atoms with van der Waals surface area (Å²) in [5.74, 6) is 0.285. The predicted molar refractivity (Wildman–Crippen MR) is 79.2 cm³/mol. The highest BCUT2D eigenvalue weighted by Crippen LogP contribution is 2.27. The first kappa shape index (κ1) is 14.5. The van der Waals surface area contributed by atoms with Gasteiger partial charge in [0.15, 0.2) is 5.75 Å². The Labute approximate surface area is 121 Å². The lowest BCUT2D eigenvalue weighted by Crippen LogP contribution is -2.13. The molecule has 0 fully saturated rings. The molecule has 0 saturated heterocycles. The van der Waals surface area contributed by atoms with Crippen LogP contribution in [0.1, 0.15) is 16.7 Å². The number of nitro benzene ring substituents is 1. The largest absolute Gasteiger partial charge is 0.490 e. The first-order valence-electron chi connectivity index (χ1n) is 6.15. The fourth-order valence-electron chi connectivity index (χ4n) is 1.90. The summed E-state index contributed by atoms with van der Waals surface area (Å²) in [6.45, 7) is 3.42. The van der Waals surface area contributed by atoms with Crippen molar-refractivity contribution in [3.05, 3.63) is 55.8 Å². The number of nitrogens with one attached hydrogen (secondary N) is 1. The normalized spacial score (nSPS) is 10.5. The fraction of sp³-hybridized carbons (Fsp3) is 0.286. The van der Waals surface area contributed by atoms with Gasteiger partial charge in [-0.05, 0) is 40.4 Å². The SMILES string of the molecule is COc1ccc(CNCc2cscc2C)cc1[N+](=O)[O-]. The molecule has 0 aliphatic carbocycles. The van der Waals surface area contributed by atoms with Gasteiger partial charge in [0.25, 0.3) is 0 Å². The summed E-state index contributed by atoms with van der Waals surface area (Å²) in [6, 6.07) is 5.01. The van der Waals surface area contributed by atoms with Crippen LogP contribution in [-0.2, 0) is 13.1 Å². The van der Waals surface area contributed by atoms with Crippen molar-refractivity contribution in [2.45, 2.75) is 20.0 Å². The van der Waals surface area contributed by atoms with Crippen LogP contribution in [0.4, 0.5) is 5.69 Å². The lowest BCUT2D eigenvalue weighted by atomic mass is 10.1. The molecule has 5 nitrogen and oxygen atoms in total. The smallest absolute Gasteiger partial charge is 0.311 e. The zero-order valence-electron chi connectivity index (χ0n) is 11.4. The minimum absolute atomic E-state index is 0.00138. The van der Waals surface area contributed by atoms with Crippen molar-refractivity contribution < 1.29 is 9.66 Å². The molecule has 1 N–H and O–H groups in total. The molecule has 0 aliphatic rings. The molecule has 0 saturated carbocycles. The van der Waals surface area contributed by atoms with Gasteiger partial charge in [-0.15, -0.1) is 0 Å². The Bertz CT molecular complexity index is 610. The van der Waals surface area contributed by atoms with E-state index in [-0.39, 0.29) is 11.4 Å². The van der Waals surface area contributed by atoms with Crippen molar-refractivity contribution >= 4 is 17.0 Å². The van der Waals surface area contributed by atoms with E-state index in [0.29, 0.717) is 6.54 Å². The molecule has 0 atom stereocenters.